The zero-order chi connectivity index (χ0) is 20.0. The lowest BCUT2D eigenvalue weighted by Crippen LogP contribution is -1.92. The fraction of sp³-hybridized carbons (Fsp3) is 0.0500. The van der Waals surface area contributed by atoms with Crippen molar-refractivity contribution in [3.05, 3.63) is 95.9 Å². The summed E-state index contributed by atoms with van der Waals surface area (Å²) in [5.74, 6) is -0.935. The molecule has 0 fully saturated rings. The van der Waals surface area contributed by atoms with E-state index in [1.54, 1.807) is 24.3 Å². The maximum absolute atomic E-state index is 10.3. The van der Waals surface area contributed by atoms with Gasteiger partial charge < -0.3 is 5.11 Å². The van der Waals surface area contributed by atoms with Crippen molar-refractivity contribution in [3.8, 4) is 0 Å². The molecule has 0 unspecified atom stereocenters. The third-order valence-corrected chi connectivity index (χ3v) is 3.11. The van der Waals surface area contributed by atoms with Crippen LogP contribution < -0.4 is 0 Å². The number of hydrogen-bond acceptors (Lipinski definition) is 3. The lowest BCUT2D eigenvalue weighted by molar-refractivity contribution is -0.132. The van der Waals surface area contributed by atoms with Crippen LogP contribution in [0.3, 0.4) is 0 Å². The van der Waals surface area contributed by atoms with Crippen LogP contribution in [0.25, 0.3) is 12.2 Å². The second-order valence-corrected chi connectivity index (χ2v) is 6.23. The number of carboxylic acids is 1. The second kappa shape index (κ2) is 12.4. The highest BCUT2D eigenvalue weighted by molar-refractivity contribution is 7.88. The average Bonchev–Trinajstić information content (AvgIpc) is 2.62. The molecule has 6 heteroatoms. The van der Waals surface area contributed by atoms with Gasteiger partial charge in [-0.05, 0) is 24.1 Å². The van der Waals surface area contributed by atoms with Gasteiger partial charge in [0.15, 0.2) is 0 Å². The molecule has 0 radical (unpaired) electrons. The summed E-state index contributed by atoms with van der Waals surface area (Å²) < 4.78 is 28.9. The molecule has 0 aliphatic carbocycles. The predicted molar refractivity (Wildman–Crippen MR) is 106 cm³/mol. The summed E-state index contributed by atoms with van der Waals surface area (Å²) in [4.78, 5) is 9.60. The van der Waals surface area contributed by atoms with Crippen LogP contribution in [0.2, 0.25) is 0 Å². The first-order chi connectivity index (χ1) is 12.2. The van der Waals surface area contributed by atoms with Gasteiger partial charge in [0.1, 0.15) is 0 Å². The first kappa shape index (κ1) is 23.0. The van der Waals surface area contributed by atoms with Crippen LogP contribution in [0.4, 0.5) is 0 Å². The van der Waals surface area contributed by atoms with Crippen LogP contribution in [0, 0.1) is 0 Å². The molecule has 0 amide bonds. The summed E-state index contributed by atoms with van der Waals surface area (Å²) in [6, 6.07) is 18.9. The lowest BCUT2D eigenvalue weighted by atomic mass is 10.2. The summed E-state index contributed by atoms with van der Waals surface area (Å²) in [7, 11) is -4.00. The van der Waals surface area contributed by atoms with Gasteiger partial charge in [-0.2, -0.15) is 8.42 Å². The third kappa shape index (κ3) is 13.5. The third-order valence-electron chi connectivity index (χ3n) is 2.63. The van der Waals surface area contributed by atoms with E-state index in [9.17, 15) is 13.2 Å². The van der Waals surface area contributed by atoms with Crippen molar-refractivity contribution in [2.24, 2.45) is 0 Å². The van der Waals surface area contributed by atoms with E-state index in [4.69, 9.17) is 9.66 Å². The molecule has 0 aromatic heterocycles. The Labute approximate surface area is 154 Å². The maximum atomic E-state index is 10.3. The van der Waals surface area contributed by atoms with E-state index in [1.807, 2.05) is 42.5 Å². The Morgan fingerprint density at radius 1 is 0.962 bits per heavy atom. The van der Waals surface area contributed by atoms with Crippen LogP contribution in [0.15, 0.2) is 84.8 Å². The summed E-state index contributed by atoms with van der Waals surface area (Å²) in [5.41, 5.74) is 2.08. The Hall–Kier alpha value is -2.96. The minimum atomic E-state index is -4.00. The summed E-state index contributed by atoms with van der Waals surface area (Å²) in [5, 5.41) is 8.64. The van der Waals surface area contributed by atoms with Crippen molar-refractivity contribution in [3.63, 3.8) is 0 Å². The first-order valence-electron chi connectivity index (χ1n) is 7.42. The number of carboxylic acid groups (broad SMARTS) is 1. The molecular weight excluding hydrogens is 352 g/mol. The molecule has 2 aromatic rings. The van der Waals surface area contributed by atoms with E-state index in [0.29, 0.717) is 0 Å². The molecule has 26 heavy (non-hydrogen) atoms. The smallest absolute Gasteiger partial charge is 0.330 e. The minimum Gasteiger partial charge on any atom is -0.478 e. The van der Waals surface area contributed by atoms with Crippen LogP contribution >= 0.6 is 0 Å². The molecule has 0 atom stereocenters. The maximum Gasteiger partial charge on any atom is 0.330 e. The van der Waals surface area contributed by atoms with Gasteiger partial charge in [-0.1, -0.05) is 79.9 Å². The molecule has 0 spiro atoms. The Morgan fingerprint density at radius 3 is 1.62 bits per heavy atom. The second-order valence-electron chi connectivity index (χ2n) is 4.93. The first-order valence-corrected chi connectivity index (χ1v) is 8.93. The van der Waals surface area contributed by atoms with Crippen molar-refractivity contribution >= 4 is 28.2 Å². The molecule has 0 heterocycles. The highest BCUT2D eigenvalue weighted by Gasteiger charge is 1.94. The summed E-state index contributed by atoms with van der Waals surface area (Å²) in [6.07, 6.45) is 3.16. The number of benzene rings is 2. The summed E-state index contributed by atoms with van der Waals surface area (Å²) in [6.45, 7) is 8.23. The molecule has 0 aliphatic heterocycles. The molecule has 5 nitrogen and oxygen atoms in total. The minimum absolute atomic E-state index is 0.176. The van der Waals surface area contributed by atoms with E-state index >= 15 is 0 Å². The zero-order valence-corrected chi connectivity index (χ0v) is 15.3. The van der Waals surface area contributed by atoms with E-state index in [-0.39, 0.29) is 5.57 Å². The van der Waals surface area contributed by atoms with Gasteiger partial charge in [0, 0.05) is 5.57 Å². The largest absolute Gasteiger partial charge is 0.478 e. The Balaban J connectivity index is 0.000000388. The molecule has 0 saturated heterocycles. The highest BCUT2D eigenvalue weighted by atomic mass is 32.2. The van der Waals surface area contributed by atoms with Crippen LogP contribution in [-0.2, 0) is 14.9 Å². The van der Waals surface area contributed by atoms with Crippen LogP contribution in [-0.4, -0.2) is 24.0 Å². The molecule has 138 valence electrons. The number of aliphatic carboxylic acids is 1. The molecule has 0 saturated carbocycles. The van der Waals surface area contributed by atoms with Gasteiger partial charge in [0.05, 0.1) is 5.41 Å². The van der Waals surface area contributed by atoms with Gasteiger partial charge in [-0.3, -0.25) is 4.55 Å². The number of carbonyl (C=O) groups is 1. The quantitative estimate of drug-likeness (QED) is 0.606. The average molecular weight is 374 g/mol. The Bertz CT molecular complexity index is 811. The number of hydrogen-bond donors (Lipinski definition) is 2. The van der Waals surface area contributed by atoms with E-state index in [1.165, 1.54) is 18.6 Å². The Morgan fingerprint density at radius 2 is 1.35 bits per heavy atom. The van der Waals surface area contributed by atoms with Gasteiger partial charge in [0.2, 0.25) is 0 Å². The molecular formula is C20H22O5S. The monoisotopic (exact) mass is 374 g/mol. The van der Waals surface area contributed by atoms with Crippen LogP contribution in [0.1, 0.15) is 18.1 Å². The van der Waals surface area contributed by atoms with Crippen molar-refractivity contribution in [2.75, 3.05) is 0 Å². The van der Waals surface area contributed by atoms with E-state index in [0.717, 1.165) is 11.0 Å². The topological polar surface area (TPSA) is 91.7 Å². The van der Waals surface area contributed by atoms with E-state index in [2.05, 4.69) is 13.2 Å². The van der Waals surface area contributed by atoms with Crippen molar-refractivity contribution in [2.45, 2.75) is 6.92 Å². The fourth-order valence-corrected chi connectivity index (χ4v) is 1.65. The van der Waals surface area contributed by atoms with Crippen molar-refractivity contribution in [1.82, 2.24) is 0 Å². The van der Waals surface area contributed by atoms with Crippen molar-refractivity contribution < 1.29 is 22.9 Å². The van der Waals surface area contributed by atoms with E-state index < -0.39 is 16.1 Å². The lowest BCUT2D eigenvalue weighted by Gasteiger charge is -1.89. The van der Waals surface area contributed by atoms with Crippen molar-refractivity contribution in [1.29, 1.82) is 0 Å². The van der Waals surface area contributed by atoms with Gasteiger partial charge in [-0.25, -0.2) is 4.79 Å². The standard InChI is InChI=1S/C8H8O3S.C8H8.C4H6O2/c9-12(10,11)7-6-8-4-2-1-3-5-8;1-2-8-6-4-3-5-7-8;1-3(2)4(5)6/h1-7H,(H,9,10,11);2-7H,1H2;1H2,2H3,(H,5,6). The molecule has 2 rings (SSSR count). The fourth-order valence-electron chi connectivity index (χ4n) is 1.32. The van der Waals surface area contributed by atoms with Crippen LogP contribution in [0.5, 0.6) is 0 Å². The highest BCUT2D eigenvalue weighted by Crippen LogP contribution is 2.02. The molecule has 2 aromatic carbocycles. The molecule has 2 N–H and O–H groups in total. The summed E-state index contributed by atoms with van der Waals surface area (Å²) >= 11 is 0. The van der Waals surface area contributed by atoms with Gasteiger partial charge in [0.25, 0.3) is 10.1 Å². The van der Waals surface area contributed by atoms with Gasteiger partial charge in [-0.15, -0.1) is 0 Å². The zero-order valence-electron chi connectivity index (χ0n) is 14.4. The SMILES string of the molecule is C=C(C)C(=O)O.C=Cc1ccccc1.O=S(=O)(O)C=Cc1ccccc1. The molecule has 0 bridgehead atoms. The normalized spacial score (nSPS) is 9.92. The van der Waals surface area contributed by atoms with Gasteiger partial charge >= 0.3 is 5.97 Å². The number of rotatable bonds is 4. The predicted octanol–water partition coefficient (Wildman–Crippen LogP) is 4.52. The molecule has 0 aliphatic rings. The Kier molecular flexibility index (Phi) is 11.0.